The molecule has 2 atom stereocenters. The Bertz CT molecular complexity index is 382. The average molecular weight is 246 g/mol. The molecule has 2 unspecified atom stereocenters. The minimum Gasteiger partial charge on any atom is -0.368 e. The van der Waals surface area contributed by atoms with E-state index in [4.69, 9.17) is 20.6 Å². The van der Waals surface area contributed by atoms with Crippen molar-refractivity contribution in [2.45, 2.75) is 31.8 Å². The Morgan fingerprint density at radius 2 is 2.11 bits per heavy atom. The maximum Gasteiger partial charge on any atom is 0.184 e. The Morgan fingerprint density at radius 1 is 1.28 bits per heavy atom. The van der Waals surface area contributed by atoms with Crippen LogP contribution in [0.1, 0.15) is 18.4 Å². The zero-order chi connectivity index (χ0) is 12.6. The minimum atomic E-state index is -0.335. The molecule has 1 aliphatic heterocycles. The molecule has 0 aliphatic carbocycles. The van der Waals surface area contributed by atoms with Gasteiger partial charge in [0.2, 0.25) is 0 Å². The monoisotopic (exact) mass is 246 g/mol. The summed E-state index contributed by atoms with van der Waals surface area (Å²) in [4.78, 5) is 0. The van der Waals surface area contributed by atoms with Crippen LogP contribution in [-0.2, 0) is 20.8 Å². The van der Waals surface area contributed by atoms with Crippen LogP contribution < -0.4 is 0 Å². The SMILES string of the molecule is C#CCOC1OCCCC1OCc1ccccc1. The van der Waals surface area contributed by atoms with Crippen LogP contribution in [0.25, 0.3) is 0 Å². The average Bonchev–Trinajstić information content (AvgIpc) is 2.45. The molecule has 0 spiro atoms. The first-order chi connectivity index (χ1) is 8.90. The summed E-state index contributed by atoms with van der Waals surface area (Å²) in [6, 6.07) is 10.1. The minimum absolute atomic E-state index is 0.0349. The smallest absolute Gasteiger partial charge is 0.184 e. The predicted molar refractivity (Wildman–Crippen MR) is 68.8 cm³/mol. The van der Waals surface area contributed by atoms with Crippen molar-refractivity contribution in [3.63, 3.8) is 0 Å². The highest BCUT2D eigenvalue weighted by Crippen LogP contribution is 2.19. The predicted octanol–water partition coefficient (Wildman–Crippen LogP) is 2.36. The molecule has 0 amide bonds. The molecule has 1 aromatic carbocycles. The van der Waals surface area contributed by atoms with E-state index in [9.17, 15) is 0 Å². The molecule has 0 radical (unpaired) electrons. The van der Waals surface area contributed by atoms with E-state index in [-0.39, 0.29) is 19.0 Å². The molecule has 96 valence electrons. The Labute approximate surface area is 108 Å². The molecular formula is C15H18O3. The fraction of sp³-hybridized carbons (Fsp3) is 0.467. The van der Waals surface area contributed by atoms with E-state index in [0.29, 0.717) is 13.2 Å². The summed E-state index contributed by atoms with van der Waals surface area (Å²) in [6.07, 6.45) is 6.76. The molecule has 1 aliphatic rings. The van der Waals surface area contributed by atoms with Gasteiger partial charge in [-0.2, -0.15) is 0 Å². The van der Waals surface area contributed by atoms with Crippen LogP contribution in [0.3, 0.4) is 0 Å². The third kappa shape index (κ3) is 3.85. The van der Waals surface area contributed by atoms with Gasteiger partial charge < -0.3 is 14.2 Å². The molecule has 3 nitrogen and oxygen atoms in total. The second-order valence-corrected chi connectivity index (χ2v) is 4.23. The topological polar surface area (TPSA) is 27.7 Å². The van der Waals surface area contributed by atoms with Crippen molar-refractivity contribution in [2.75, 3.05) is 13.2 Å². The molecule has 0 N–H and O–H groups in total. The van der Waals surface area contributed by atoms with Crippen LogP contribution in [0.2, 0.25) is 0 Å². The fourth-order valence-corrected chi connectivity index (χ4v) is 1.95. The third-order valence-electron chi connectivity index (χ3n) is 2.86. The van der Waals surface area contributed by atoms with E-state index >= 15 is 0 Å². The fourth-order valence-electron chi connectivity index (χ4n) is 1.95. The van der Waals surface area contributed by atoms with Gasteiger partial charge in [0.25, 0.3) is 0 Å². The number of ether oxygens (including phenoxy) is 3. The molecule has 0 bridgehead atoms. The van der Waals surface area contributed by atoms with Crippen molar-refractivity contribution in [3.8, 4) is 12.3 Å². The van der Waals surface area contributed by atoms with Gasteiger partial charge >= 0.3 is 0 Å². The van der Waals surface area contributed by atoms with Gasteiger partial charge in [-0.3, -0.25) is 0 Å². The first-order valence-corrected chi connectivity index (χ1v) is 6.22. The Kier molecular flexibility index (Phi) is 5.22. The van der Waals surface area contributed by atoms with Crippen molar-refractivity contribution in [1.29, 1.82) is 0 Å². The van der Waals surface area contributed by atoms with Gasteiger partial charge in [-0.05, 0) is 18.4 Å². The summed E-state index contributed by atoms with van der Waals surface area (Å²) in [7, 11) is 0. The quantitative estimate of drug-likeness (QED) is 0.746. The van der Waals surface area contributed by atoms with Gasteiger partial charge in [0.1, 0.15) is 12.7 Å². The van der Waals surface area contributed by atoms with E-state index in [1.165, 1.54) is 0 Å². The summed E-state index contributed by atoms with van der Waals surface area (Å²) >= 11 is 0. The molecule has 3 heteroatoms. The number of terminal acetylenes is 1. The van der Waals surface area contributed by atoms with Gasteiger partial charge in [-0.15, -0.1) is 6.42 Å². The van der Waals surface area contributed by atoms with Crippen molar-refractivity contribution in [3.05, 3.63) is 35.9 Å². The third-order valence-corrected chi connectivity index (χ3v) is 2.86. The highest BCUT2D eigenvalue weighted by atomic mass is 16.7. The maximum atomic E-state index is 5.86. The maximum absolute atomic E-state index is 5.86. The van der Waals surface area contributed by atoms with Crippen LogP contribution in [0.5, 0.6) is 0 Å². The van der Waals surface area contributed by atoms with E-state index in [1.54, 1.807) is 0 Å². The lowest BCUT2D eigenvalue weighted by Gasteiger charge is -2.30. The van der Waals surface area contributed by atoms with Gasteiger partial charge in [0.15, 0.2) is 6.29 Å². The molecule has 1 fully saturated rings. The van der Waals surface area contributed by atoms with Crippen molar-refractivity contribution >= 4 is 0 Å². The van der Waals surface area contributed by atoms with Gasteiger partial charge in [0.05, 0.1) is 6.61 Å². The van der Waals surface area contributed by atoms with Crippen molar-refractivity contribution in [1.82, 2.24) is 0 Å². The second-order valence-electron chi connectivity index (χ2n) is 4.23. The summed E-state index contributed by atoms with van der Waals surface area (Å²) in [5.41, 5.74) is 1.15. The lowest BCUT2D eigenvalue weighted by atomic mass is 10.1. The molecule has 1 saturated heterocycles. The first kappa shape index (κ1) is 13.1. The lowest BCUT2D eigenvalue weighted by Crippen LogP contribution is -2.38. The lowest BCUT2D eigenvalue weighted by molar-refractivity contribution is -0.224. The molecule has 1 heterocycles. The second kappa shape index (κ2) is 7.17. The Hall–Kier alpha value is -1.34. The van der Waals surface area contributed by atoms with E-state index in [2.05, 4.69) is 5.92 Å². The van der Waals surface area contributed by atoms with Crippen LogP contribution >= 0.6 is 0 Å². The molecule has 0 saturated carbocycles. The molecule has 1 aromatic rings. The molecular weight excluding hydrogens is 228 g/mol. The van der Waals surface area contributed by atoms with Gasteiger partial charge in [-0.1, -0.05) is 36.3 Å². The zero-order valence-corrected chi connectivity index (χ0v) is 10.4. The van der Waals surface area contributed by atoms with E-state index in [1.807, 2.05) is 30.3 Å². The van der Waals surface area contributed by atoms with Crippen LogP contribution in [-0.4, -0.2) is 25.6 Å². The van der Waals surface area contributed by atoms with Crippen LogP contribution in [0.15, 0.2) is 30.3 Å². The summed E-state index contributed by atoms with van der Waals surface area (Å²) in [6.45, 7) is 1.54. The zero-order valence-electron chi connectivity index (χ0n) is 10.4. The Morgan fingerprint density at radius 3 is 2.89 bits per heavy atom. The highest BCUT2D eigenvalue weighted by molar-refractivity contribution is 5.13. The standard InChI is InChI=1S/C15H18O3/c1-2-10-16-15-14(9-6-11-17-15)18-12-13-7-4-3-5-8-13/h1,3-5,7-8,14-15H,6,9-12H2. The van der Waals surface area contributed by atoms with E-state index < -0.39 is 0 Å². The van der Waals surface area contributed by atoms with Crippen LogP contribution in [0, 0.1) is 12.3 Å². The van der Waals surface area contributed by atoms with Crippen molar-refractivity contribution in [2.24, 2.45) is 0 Å². The summed E-state index contributed by atoms with van der Waals surface area (Å²) in [5, 5.41) is 0. The van der Waals surface area contributed by atoms with E-state index in [0.717, 1.165) is 18.4 Å². The number of hydrogen-bond acceptors (Lipinski definition) is 3. The Balaban J connectivity index is 1.84. The molecule has 2 rings (SSSR count). The number of rotatable bonds is 5. The summed E-state index contributed by atoms with van der Waals surface area (Å²) in [5.74, 6) is 2.45. The number of benzene rings is 1. The normalized spacial score (nSPS) is 23.5. The largest absolute Gasteiger partial charge is 0.368 e. The molecule has 0 aromatic heterocycles. The molecule has 18 heavy (non-hydrogen) atoms. The first-order valence-electron chi connectivity index (χ1n) is 6.22. The summed E-state index contributed by atoms with van der Waals surface area (Å²) < 4.78 is 16.8. The van der Waals surface area contributed by atoms with Gasteiger partial charge in [-0.25, -0.2) is 0 Å². The van der Waals surface area contributed by atoms with Crippen LogP contribution in [0.4, 0.5) is 0 Å². The van der Waals surface area contributed by atoms with Crippen molar-refractivity contribution < 1.29 is 14.2 Å². The van der Waals surface area contributed by atoms with Gasteiger partial charge in [0, 0.05) is 6.61 Å². The highest BCUT2D eigenvalue weighted by Gasteiger charge is 2.27. The number of hydrogen-bond donors (Lipinski definition) is 0.